The Bertz CT molecular complexity index is 939. The van der Waals surface area contributed by atoms with Gasteiger partial charge in [0.15, 0.2) is 0 Å². The zero-order chi connectivity index (χ0) is 23.3. The highest BCUT2D eigenvalue weighted by Gasteiger charge is 2.40. The molecular formula is C24H27O6PS. The Morgan fingerprint density at radius 2 is 0.625 bits per heavy atom. The molecular weight excluding hydrogens is 447 g/mol. The van der Waals surface area contributed by atoms with Crippen molar-refractivity contribution in [2.45, 2.75) is 0 Å². The summed E-state index contributed by atoms with van der Waals surface area (Å²) in [5, 5.41) is 2.14. The van der Waals surface area contributed by atoms with E-state index in [1.807, 2.05) is 54.6 Å². The third-order valence-electron chi connectivity index (χ3n) is 5.15. The van der Waals surface area contributed by atoms with Crippen LogP contribution >= 0.6 is 6.04 Å². The van der Waals surface area contributed by atoms with Crippen molar-refractivity contribution in [1.29, 1.82) is 0 Å². The zero-order valence-corrected chi connectivity index (χ0v) is 20.7. The molecule has 0 saturated carbocycles. The summed E-state index contributed by atoms with van der Waals surface area (Å²) in [6, 6.07) is 13.7. The average Bonchev–Trinajstić information content (AvgIpc) is 2.86. The molecule has 32 heavy (non-hydrogen) atoms. The molecule has 170 valence electrons. The second-order valence-corrected chi connectivity index (χ2v) is 10.8. The largest absolute Gasteiger partial charge is 0.496 e. The Labute approximate surface area is 194 Å². The summed E-state index contributed by atoms with van der Waals surface area (Å²) >= 11 is 6.66. The molecule has 0 unspecified atom stereocenters. The van der Waals surface area contributed by atoms with Crippen molar-refractivity contribution in [2.24, 2.45) is 0 Å². The molecule has 8 heteroatoms. The lowest BCUT2D eigenvalue weighted by atomic mass is 10.3. The van der Waals surface area contributed by atoms with E-state index in [4.69, 9.17) is 40.2 Å². The molecule has 0 N–H and O–H groups in total. The van der Waals surface area contributed by atoms with Crippen LogP contribution in [-0.2, 0) is 11.8 Å². The van der Waals surface area contributed by atoms with Gasteiger partial charge in [-0.15, -0.1) is 0 Å². The van der Waals surface area contributed by atoms with Gasteiger partial charge in [0.1, 0.15) is 34.5 Å². The van der Waals surface area contributed by atoms with Crippen LogP contribution in [0.5, 0.6) is 34.5 Å². The molecule has 0 saturated heterocycles. The van der Waals surface area contributed by atoms with Gasteiger partial charge in [-0.25, -0.2) is 0 Å². The second kappa shape index (κ2) is 10.2. The lowest BCUT2D eigenvalue weighted by Gasteiger charge is -2.31. The van der Waals surface area contributed by atoms with Gasteiger partial charge < -0.3 is 28.4 Å². The van der Waals surface area contributed by atoms with Crippen LogP contribution in [0, 0.1) is 0 Å². The first kappa shape index (κ1) is 23.8. The first-order chi connectivity index (χ1) is 15.5. The quantitative estimate of drug-likeness (QED) is 0.440. The molecule has 0 heterocycles. The Balaban J connectivity index is 2.64. The standard InChI is InChI=1S/C24H27O6PS/c1-25-16-10-7-11-17(26-2)22(16)31(32,23-18(27-3)12-8-13-19(23)28-4)24-20(29-5)14-9-15-21(24)30-6/h7-15H,1-6H3. The van der Waals surface area contributed by atoms with Crippen molar-refractivity contribution >= 4 is 33.8 Å². The molecule has 0 aliphatic rings. The van der Waals surface area contributed by atoms with E-state index < -0.39 is 6.04 Å². The minimum absolute atomic E-state index is 0.591. The van der Waals surface area contributed by atoms with E-state index in [0.29, 0.717) is 50.4 Å². The van der Waals surface area contributed by atoms with Gasteiger partial charge in [0.2, 0.25) is 0 Å². The van der Waals surface area contributed by atoms with Crippen LogP contribution in [0.15, 0.2) is 54.6 Å². The minimum Gasteiger partial charge on any atom is -0.496 e. The van der Waals surface area contributed by atoms with Crippen molar-refractivity contribution in [3.63, 3.8) is 0 Å². The lowest BCUT2D eigenvalue weighted by Crippen LogP contribution is -2.30. The van der Waals surface area contributed by atoms with Gasteiger partial charge in [0.05, 0.1) is 64.6 Å². The van der Waals surface area contributed by atoms with Crippen molar-refractivity contribution < 1.29 is 28.4 Å². The Morgan fingerprint density at radius 3 is 0.781 bits per heavy atom. The van der Waals surface area contributed by atoms with Crippen molar-refractivity contribution in [1.82, 2.24) is 0 Å². The molecule has 0 radical (unpaired) electrons. The molecule has 3 aromatic carbocycles. The van der Waals surface area contributed by atoms with E-state index in [0.717, 1.165) is 0 Å². The summed E-state index contributed by atoms with van der Waals surface area (Å²) in [4.78, 5) is 0. The summed E-state index contributed by atoms with van der Waals surface area (Å²) < 4.78 is 34.7. The number of benzene rings is 3. The number of ether oxygens (including phenoxy) is 6. The van der Waals surface area contributed by atoms with Crippen LogP contribution < -0.4 is 44.3 Å². The summed E-state index contributed by atoms with van der Waals surface area (Å²) in [6.07, 6.45) is 0. The fourth-order valence-corrected chi connectivity index (χ4v) is 8.91. The SMILES string of the molecule is COc1cccc(OC)c1P(=S)(c1c(OC)cccc1OC)c1c(OC)cccc1OC. The van der Waals surface area contributed by atoms with Crippen LogP contribution in [0.25, 0.3) is 0 Å². The molecule has 0 aliphatic carbocycles. The van der Waals surface area contributed by atoms with Crippen LogP contribution in [0.3, 0.4) is 0 Å². The Hall–Kier alpha value is -2.89. The van der Waals surface area contributed by atoms with E-state index in [9.17, 15) is 0 Å². The van der Waals surface area contributed by atoms with Crippen molar-refractivity contribution in [2.75, 3.05) is 42.7 Å². The van der Waals surface area contributed by atoms with E-state index in [1.54, 1.807) is 42.7 Å². The predicted octanol–water partition coefficient (Wildman–Crippen LogP) is 3.49. The highest BCUT2D eigenvalue weighted by Crippen LogP contribution is 2.56. The van der Waals surface area contributed by atoms with E-state index in [1.165, 1.54) is 0 Å². The summed E-state index contributed by atoms with van der Waals surface area (Å²) in [5.74, 6) is 3.55. The maximum Gasteiger partial charge on any atom is 0.131 e. The summed E-state index contributed by atoms with van der Waals surface area (Å²) in [7, 11) is 9.65. The lowest BCUT2D eigenvalue weighted by molar-refractivity contribution is 0.398. The van der Waals surface area contributed by atoms with E-state index in [2.05, 4.69) is 0 Å². The summed E-state index contributed by atoms with van der Waals surface area (Å²) in [5.41, 5.74) is 0. The van der Waals surface area contributed by atoms with E-state index >= 15 is 0 Å². The molecule has 0 bridgehead atoms. The van der Waals surface area contributed by atoms with Gasteiger partial charge in [-0.1, -0.05) is 30.0 Å². The maximum atomic E-state index is 6.66. The second-order valence-electron chi connectivity index (χ2n) is 6.64. The van der Waals surface area contributed by atoms with Gasteiger partial charge >= 0.3 is 0 Å². The van der Waals surface area contributed by atoms with E-state index in [-0.39, 0.29) is 0 Å². The first-order valence-corrected chi connectivity index (χ1v) is 12.6. The third-order valence-corrected chi connectivity index (χ3v) is 10.0. The number of hydrogen-bond donors (Lipinski definition) is 0. The predicted molar refractivity (Wildman–Crippen MR) is 132 cm³/mol. The highest BCUT2D eigenvalue weighted by atomic mass is 32.4. The molecule has 3 aromatic rings. The molecule has 0 aliphatic heterocycles. The Kier molecular flexibility index (Phi) is 7.54. The average molecular weight is 475 g/mol. The number of methoxy groups -OCH3 is 6. The molecule has 0 fully saturated rings. The molecule has 6 nitrogen and oxygen atoms in total. The fourth-order valence-electron chi connectivity index (χ4n) is 3.76. The maximum absolute atomic E-state index is 6.66. The molecule has 0 atom stereocenters. The van der Waals surface area contributed by atoms with Crippen LogP contribution in [-0.4, -0.2) is 42.7 Å². The fraction of sp³-hybridized carbons (Fsp3) is 0.250. The number of hydrogen-bond acceptors (Lipinski definition) is 7. The van der Waals surface area contributed by atoms with Gasteiger partial charge in [-0.3, -0.25) is 0 Å². The van der Waals surface area contributed by atoms with Gasteiger partial charge in [0, 0.05) is 0 Å². The van der Waals surface area contributed by atoms with Crippen molar-refractivity contribution in [3.05, 3.63) is 54.6 Å². The third kappa shape index (κ3) is 3.87. The Morgan fingerprint density at radius 1 is 0.438 bits per heavy atom. The molecule has 3 rings (SSSR count). The normalized spacial score (nSPS) is 10.9. The topological polar surface area (TPSA) is 55.4 Å². The zero-order valence-electron chi connectivity index (χ0n) is 19.0. The van der Waals surface area contributed by atoms with Gasteiger partial charge in [0.25, 0.3) is 0 Å². The molecule has 0 aromatic heterocycles. The van der Waals surface area contributed by atoms with Gasteiger partial charge in [-0.05, 0) is 36.4 Å². The molecule has 0 amide bonds. The van der Waals surface area contributed by atoms with Gasteiger partial charge in [-0.2, -0.15) is 0 Å². The van der Waals surface area contributed by atoms with Crippen molar-refractivity contribution in [3.8, 4) is 34.5 Å². The monoisotopic (exact) mass is 474 g/mol. The van der Waals surface area contributed by atoms with Crippen LogP contribution in [0.4, 0.5) is 0 Å². The first-order valence-electron chi connectivity index (χ1n) is 9.76. The number of rotatable bonds is 9. The summed E-state index contributed by atoms with van der Waals surface area (Å²) in [6.45, 7) is 0. The smallest absolute Gasteiger partial charge is 0.131 e. The molecule has 0 spiro atoms. The highest BCUT2D eigenvalue weighted by molar-refractivity contribution is 8.26. The van der Waals surface area contributed by atoms with Crippen LogP contribution in [0.1, 0.15) is 0 Å². The minimum atomic E-state index is -3.02. The van der Waals surface area contributed by atoms with Crippen LogP contribution in [0.2, 0.25) is 0 Å².